The van der Waals surface area contributed by atoms with Crippen LogP contribution in [-0.2, 0) is 20.6 Å². The predicted octanol–water partition coefficient (Wildman–Crippen LogP) is 1.53. The van der Waals surface area contributed by atoms with Crippen LogP contribution in [0.3, 0.4) is 0 Å². The van der Waals surface area contributed by atoms with Crippen molar-refractivity contribution in [2.45, 2.75) is 26.2 Å². The van der Waals surface area contributed by atoms with Gasteiger partial charge >= 0.3 is 51.0 Å². The van der Waals surface area contributed by atoms with Crippen molar-refractivity contribution >= 4 is 4.23 Å². The van der Waals surface area contributed by atoms with Crippen molar-refractivity contribution in [1.29, 1.82) is 0 Å². The third kappa shape index (κ3) is 4.61. The Kier molecular flexibility index (Phi) is 6.18. The summed E-state index contributed by atoms with van der Waals surface area (Å²) >= 11 is 1.44. The summed E-state index contributed by atoms with van der Waals surface area (Å²) < 4.78 is 2.32. The van der Waals surface area contributed by atoms with E-state index in [4.69, 9.17) is 0 Å². The van der Waals surface area contributed by atoms with Gasteiger partial charge in [-0.15, -0.1) is 0 Å². The van der Waals surface area contributed by atoms with Gasteiger partial charge in [-0.1, -0.05) is 0 Å². The van der Waals surface area contributed by atoms with Gasteiger partial charge in [0.2, 0.25) is 0 Å². The summed E-state index contributed by atoms with van der Waals surface area (Å²) in [5.74, 6) is 0. The van der Waals surface area contributed by atoms with E-state index in [9.17, 15) is 0 Å². The van der Waals surface area contributed by atoms with Crippen molar-refractivity contribution < 1.29 is 20.6 Å². The zero-order chi connectivity index (χ0) is 4.83. The van der Waals surface area contributed by atoms with Crippen molar-refractivity contribution in [1.82, 2.24) is 0 Å². The first-order valence-corrected chi connectivity index (χ1v) is 4.23. The predicted molar refractivity (Wildman–Crippen MR) is 25.6 cm³/mol. The Labute approximate surface area is 51.4 Å². The molecule has 0 spiro atoms. The van der Waals surface area contributed by atoms with Crippen LogP contribution in [0.1, 0.15) is 26.2 Å². The summed E-state index contributed by atoms with van der Waals surface area (Å²) in [6.45, 7) is 2.22. The van der Waals surface area contributed by atoms with Crippen LogP contribution < -0.4 is 0 Å². The molecule has 0 saturated carbocycles. The summed E-state index contributed by atoms with van der Waals surface area (Å²) in [5.41, 5.74) is 0. The molecule has 0 amide bonds. The molecule has 0 nitrogen and oxygen atoms in total. The second-order valence-corrected chi connectivity index (χ2v) is 2.64. The molecule has 0 N–H and O–H groups in total. The quantitative estimate of drug-likeness (QED) is 0.667. The van der Waals surface area contributed by atoms with Crippen molar-refractivity contribution in [3.8, 4) is 0 Å². The topological polar surface area (TPSA) is 0 Å². The van der Waals surface area contributed by atoms with Crippen molar-refractivity contribution in [2.24, 2.45) is 0 Å². The van der Waals surface area contributed by atoms with E-state index in [-0.39, 0.29) is 0 Å². The Morgan fingerprint density at radius 2 is 2.33 bits per heavy atom. The van der Waals surface area contributed by atoms with Crippen LogP contribution in [0.25, 0.3) is 0 Å². The van der Waals surface area contributed by atoms with Gasteiger partial charge in [0.05, 0.1) is 0 Å². The van der Waals surface area contributed by atoms with E-state index in [1.807, 2.05) is 0 Å². The van der Waals surface area contributed by atoms with Gasteiger partial charge in [-0.05, 0) is 0 Å². The SMILES string of the molecule is CCCC[CH]=[Ta]. The number of rotatable bonds is 3. The molecular formula is C5H10Ta. The van der Waals surface area contributed by atoms with E-state index in [0.717, 1.165) is 0 Å². The van der Waals surface area contributed by atoms with E-state index in [1.54, 1.807) is 0 Å². The first kappa shape index (κ1) is 6.61. The summed E-state index contributed by atoms with van der Waals surface area (Å²) in [6, 6.07) is 0. The standard InChI is InChI=1S/C5H10.Ta/c1-3-5-4-2;/h1H,3-5H2,2H3;. The molecular weight excluding hydrogens is 241 g/mol. The normalized spacial score (nSPS) is 8.00. The number of hydrogen-bond acceptors (Lipinski definition) is 0. The molecule has 0 aliphatic carbocycles. The molecule has 0 aromatic carbocycles. The summed E-state index contributed by atoms with van der Waals surface area (Å²) in [4.78, 5) is 0. The molecule has 0 aromatic rings. The fourth-order valence-corrected chi connectivity index (χ4v) is 0.951. The van der Waals surface area contributed by atoms with Gasteiger partial charge in [0, 0.05) is 0 Å². The minimum absolute atomic E-state index is 1.34. The van der Waals surface area contributed by atoms with Crippen LogP contribution in [0.2, 0.25) is 0 Å². The van der Waals surface area contributed by atoms with Gasteiger partial charge in [-0.2, -0.15) is 0 Å². The Balaban J connectivity index is 2.49. The molecule has 0 fully saturated rings. The average molecular weight is 251 g/mol. The molecule has 0 aliphatic rings. The van der Waals surface area contributed by atoms with E-state index in [2.05, 4.69) is 11.1 Å². The van der Waals surface area contributed by atoms with Gasteiger partial charge in [-0.25, -0.2) is 0 Å². The van der Waals surface area contributed by atoms with Crippen LogP contribution in [0, 0.1) is 0 Å². The third-order valence-corrected chi connectivity index (χ3v) is 1.61. The van der Waals surface area contributed by atoms with Crippen LogP contribution >= 0.6 is 0 Å². The molecule has 0 heterocycles. The molecule has 0 atom stereocenters. The van der Waals surface area contributed by atoms with E-state index in [1.165, 1.54) is 39.9 Å². The summed E-state index contributed by atoms with van der Waals surface area (Å²) in [6.07, 6.45) is 4.06. The van der Waals surface area contributed by atoms with Gasteiger partial charge < -0.3 is 0 Å². The first-order chi connectivity index (χ1) is 2.91. The number of unbranched alkanes of at least 4 members (excludes halogenated alkanes) is 2. The first-order valence-electron chi connectivity index (χ1n) is 2.37. The molecule has 0 saturated heterocycles. The van der Waals surface area contributed by atoms with Gasteiger partial charge in [0.15, 0.2) is 0 Å². The molecule has 0 aromatic heterocycles. The van der Waals surface area contributed by atoms with Crippen molar-refractivity contribution in [2.75, 3.05) is 0 Å². The van der Waals surface area contributed by atoms with Crippen LogP contribution in [-0.4, -0.2) is 4.23 Å². The van der Waals surface area contributed by atoms with Crippen molar-refractivity contribution in [3.63, 3.8) is 0 Å². The maximum atomic E-state index is 2.32. The van der Waals surface area contributed by atoms with E-state index in [0.29, 0.717) is 0 Å². The van der Waals surface area contributed by atoms with Gasteiger partial charge in [0.1, 0.15) is 0 Å². The zero-order valence-corrected chi connectivity index (χ0v) is 7.36. The molecule has 0 radical (unpaired) electrons. The Hall–Kier alpha value is 0.610. The Morgan fingerprint density at radius 3 is 2.50 bits per heavy atom. The molecule has 35 valence electrons. The number of hydrogen-bond donors (Lipinski definition) is 0. The molecule has 0 unspecified atom stereocenters. The second-order valence-electron chi connectivity index (χ2n) is 1.32. The average Bonchev–Trinajstić information content (AvgIpc) is 1.61. The monoisotopic (exact) mass is 251 g/mol. The summed E-state index contributed by atoms with van der Waals surface area (Å²) in [5, 5.41) is 0. The molecule has 0 rings (SSSR count). The van der Waals surface area contributed by atoms with E-state index < -0.39 is 0 Å². The molecule has 0 bridgehead atoms. The van der Waals surface area contributed by atoms with Crippen LogP contribution in [0.5, 0.6) is 0 Å². The maximum absolute atomic E-state index is 2.32. The molecule has 6 heavy (non-hydrogen) atoms. The molecule has 0 aliphatic heterocycles. The van der Waals surface area contributed by atoms with Crippen molar-refractivity contribution in [3.05, 3.63) is 0 Å². The zero-order valence-electron chi connectivity index (χ0n) is 4.15. The van der Waals surface area contributed by atoms with E-state index >= 15 is 0 Å². The van der Waals surface area contributed by atoms with Crippen LogP contribution in [0.15, 0.2) is 0 Å². The van der Waals surface area contributed by atoms with Gasteiger partial charge in [-0.3, -0.25) is 0 Å². The van der Waals surface area contributed by atoms with Crippen LogP contribution in [0.4, 0.5) is 0 Å². The Bertz CT molecular complexity index is 32.9. The molecule has 1 heteroatoms. The summed E-state index contributed by atoms with van der Waals surface area (Å²) in [7, 11) is 0. The second kappa shape index (κ2) is 5.61. The minimum atomic E-state index is 1.34. The third-order valence-electron chi connectivity index (χ3n) is 0.687. The fraction of sp³-hybridized carbons (Fsp3) is 0.800. The fourth-order valence-electron chi connectivity index (χ4n) is 0.295. The Morgan fingerprint density at radius 1 is 1.67 bits per heavy atom. The van der Waals surface area contributed by atoms with Gasteiger partial charge in [0.25, 0.3) is 0 Å².